The third kappa shape index (κ3) is 3.46. The Hall–Kier alpha value is -2.05. The van der Waals surface area contributed by atoms with Gasteiger partial charge < -0.3 is 5.32 Å². The van der Waals surface area contributed by atoms with E-state index in [4.69, 9.17) is 6.42 Å². The van der Waals surface area contributed by atoms with E-state index < -0.39 is 0 Å². The molecule has 1 aromatic heterocycles. The number of aromatic nitrogens is 2. The fourth-order valence-electron chi connectivity index (χ4n) is 2.12. The molecule has 98 valence electrons. The van der Waals surface area contributed by atoms with Gasteiger partial charge in [-0.15, -0.1) is 12.3 Å². The zero-order chi connectivity index (χ0) is 13.5. The molecule has 1 aromatic carbocycles. The van der Waals surface area contributed by atoms with E-state index in [9.17, 15) is 0 Å². The highest BCUT2D eigenvalue weighted by atomic mass is 15.3. The van der Waals surface area contributed by atoms with Crippen LogP contribution < -0.4 is 5.32 Å². The van der Waals surface area contributed by atoms with Crippen LogP contribution in [0.25, 0.3) is 5.69 Å². The quantitative estimate of drug-likeness (QED) is 0.633. The SMILES string of the molecule is C#CCCCC(NC)c1cnn(-c2ccccc2)c1. The monoisotopic (exact) mass is 253 g/mol. The van der Waals surface area contributed by atoms with Crippen molar-refractivity contribution < 1.29 is 0 Å². The predicted octanol–water partition coefficient (Wildman–Crippen LogP) is 2.94. The largest absolute Gasteiger partial charge is 0.313 e. The standard InChI is InChI=1S/C16H19N3/c1-3-4-6-11-16(17-2)14-12-18-19(13-14)15-9-7-5-8-10-15/h1,5,7-10,12-13,16-17H,4,6,11H2,2H3. The van der Waals surface area contributed by atoms with E-state index in [-0.39, 0.29) is 0 Å². The highest BCUT2D eigenvalue weighted by Crippen LogP contribution is 2.19. The lowest BCUT2D eigenvalue weighted by atomic mass is 10.0. The maximum atomic E-state index is 5.29. The van der Waals surface area contributed by atoms with E-state index in [0.717, 1.165) is 24.9 Å². The van der Waals surface area contributed by atoms with Crippen LogP contribution in [-0.2, 0) is 0 Å². The molecule has 0 radical (unpaired) electrons. The van der Waals surface area contributed by atoms with Crippen molar-refractivity contribution in [3.05, 3.63) is 48.3 Å². The molecule has 0 saturated carbocycles. The molecule has 2 rings (SSSR count). The lowest BCUT2D eigenvalue weighted by Crippen LogP contribution is -2.15. The number of nitrogens with zero attached hydrogens (tertiary/aromatic N) is 2. The molecule has 0 saturated heterocycles. The minimum absolute atomic E-state index is 0.311. The molecule has 1 heterocycles. The van der Waals surface area contributed by atoms with Crippen LogP contribution in [0.1, 0.15) is 30.9 Å². The van der Waals surface area contributed by atoms with Crippen LogP contribution in [0.15, 0.2) is 42.7 Å². The Morgan fingerprint density at radius 2 is 2.16 bits per heavy atom. The average molecular weight is 253 g/mol. The Balaban J connectivity index is 2.09. The predicted molar refractivity (Wildman–Crippen MR) is 78.0 cm³/mol. The van der Waals surface area contributed by atoms with E-state index in [1.54, 1.807) is 0 Å². The van der Waals surface area contributed by atoms with Gasteiger partial charge in [0.1, 0.15) is 0 Å². The Kier molecular flexibility index (Phi) is 4.77. The smallest absolute Gasteiger partial charge is 0.0645 e. The van der Waals surface area contributed by atoms with Crippen molar-refractivity contribution in [2.75, 3.05) is 7.05 Å². The highest BCUT2D eigenvalue weighted by Gasteiger charge is 2.11. The van der Waals surface area contributed by atoms with Crippen LogP contribution >= 0.6 is 0 Å². The molecular formula is C16H19N3. The third-order valence-electron chi connectivity index (χ3n) is 3.19. The van der Waals surface area contributed by atoms with Crippen molar-refractivity contribution in [1.82, 2.24) is 15.1 Å². The van der Waals surface area contributed by atoms with E-state index in [0.29, 0.717) is 6.04 Å². The molecule has 1 N–H and O–H groups in total. The van der Waals surface area contributed by atoms with Crippen molar-refractivity contribution in [3.63, 3.8) is 0 Å². The third-order valence-corrected chi connectivity index (χ3v) is 3.19. The van der Waals surface area contributed by atoms with Crippen LogP contribution in [0.3, 0.4) is 0 Å². The summed E-state index contributed by atoms with van der Waals surface area (Å²) >= 11 is 0. The van der Waals surface area contributed by atoms with E-state index in [2.05, 4.69) is 22.5 Å². The van der Waals surface area contributed by atoms with Crippen molar-refractivity contribution in [2.45, 2.75) is 25.3 Å². The highest BCUT2D eigenvalue weighted by molar-refractivity contribution is 5.31. The van der Waals surface area contributed by atoms with E-state index in [1.807, 2.05) is 48.3 Å². The summed E-state index contributed by atoms with van der Waals surface area (Å²) in [6, 6.07) is 10.4. The first-order valence-corrected chi connectivity index (χ1v) is 6.56. The van der Waals surface area contributed by atoms with Crippen LogP contribution in [0, 0.1) is 12.3 Å². The van der Waals surface area contributed by atoms with Crippen LogP contribution in [0.2, 0.25) is 0 Å². The molecule has 3 nitrogen and oxygen atoms in total. The van der Waals surface area contributed by atoms with Crippen LogP contribution in [-0.4, -0.2) is 16.8 Å². The molecular weight excluding hydrogens is 234 g/mol. The Bertz CT molecular complexity index is 537. The first kappa shape index (κ1) is 13.4. The van der Waals surface area contributed by atoms with Gasteiger partial charge in [-0.05, 0) is 32.0 Å². The summed E-state index contributed by atoms with van der Waals surface area (Å²) < 4.78 is 1.90. The average Bonchev–Trinajstić information content (AvgIpc) is 2.94. The summed E-state index contributed by atoms with van der Waals surface area (Å²) in [5.74, 6) is 2.68. The minimum Gasteiger partial charge on any atom is -0.313 e. The van der Waals surface area contributed by atoms with Gasteiger partial charge in [0.2, 0.25) is 0 Å². The van der Waals surface area contributed by atoms with Gasteiger partial charge in [-0.2, -0.15) is 5.10 Å². The Labute approximate surface area is 114 Å². The maximum absolute atomic E-state index is 5.29. The second kappa shape index (κ2) is 6.77. The second-order valence-corrected chi connectivity index (χ2v) is 4.49. The first-order chi connectivity index (χ1) is 9.35. The summed E-state index contributed by atoms with van der Waals surface area (Å²) in [5, 5.41) is 7.74. The molecule has 0 aliphatic heterocycles. The van der Waals surface area contributed by atoms with Gasteiger partial charge in [0.05, 0.1) is 11.9 Å². The first-order valence-electron chi connectivity index (χ1n) is 6.56. The number of terminal acetylenes is 1. The molecule has 1 unspecified atom stereocenters. The molecule has 0 aliphatic carbocycles. The fourth-order valence-corrected chi connectivity index (χ4v) is 2.12. The van der Waals surface area contributed by atoms with Crippen LogP contribution in [0.4, 0.5) is 0 Å². The number of rotatable bonds is 6. The molecule has 1 atom stereocenters. The molecule has 2 aromatic rings. The maximum Gasteiger partial charge on any atom is 0.0645 e. The van der Waals surface area contributed by atoms with Gasteiger partial charge >= 0.3 is 0 Å². The second-order valence-electron chi connectivity index (χ2n) is 4.49. The molecule has 0 bridgehead atoms. The number of hydrogen-bond donors (Lipinski definition) is 1. The van der Waals surface area contributed by atoms with Crippen molar-refractivity contribution in [1.29, 1.82) is 0 Å². The number of nitrogens with one attached hydrogen (secondary N) is 1. The van der Waals surface area contributed by atoms with Gasteiger partial charge in [0, 0.05) is 24.2 Å². The Morgan fingerprint density at radius 1 is 1.37 bits per heavy atom. The van der Waals surface area contributed by atoms with Gasteiger partial charge in [-0.3, -0.25) is 0 Å². The van der Waals surface area contributed by atoms with Gasteiger partial charge in [-0.25, -0.2) is 4.68 Å². The summed E-state index contributed by atoms with van der Waals surface area (Å²) in [6.07, 6.45) is 12.2. The number of hydrogen-bond acceptors (Lipinski definition) is 2. The zero-order valence-electron chi connectivity index (χ0n) is 11.2. The zero-order valence-corrected chi connectivity index (χ0v) is 11.2. The molecule has 3 heteroatoms. The number of benzene rings is 1. The molecule has 19 heavy (non-hydrogen) atoms. The van der Waals surface area contributed by atoms with Gasteiger partial charge in [0.15, 0.2) is 0 Å². The van der Waals surface area contributed by atoms with E-state index >= 15 is 0 Å². The number of para-hydroxylation sites is 1. The molecule has 0 fully saturated rings. The normalized spacial score (nSPS) is 12.0. The summed E-state index contributed by atoms with van der Waals surface area (Å²) in [5.41, 5.74) is 2.27. The molecule has 0 amide bonds. The Morgan fingerprint density at radius 3 is 2.84 bits per heavy atom. The van der Waals surface area contributed by atoms with E-state index in [1.165, 1.54) is 5.56 Å². The van der Waals surface area contributed by atoms with Crippen molar-refractivity contribution in [3.8, 4) is 18.0 Å². The molecule has 0 aliphatic rings. The summed E-state index contributed by atoms with van der Waals surface area (Å²) in [6.45, 7) is 0. The lowest BCUT2D eigenvalue weighted by Gasteiger charge is -2.13. The van der Waals surface area contributed by atoms with Gasteiger partial charge in [0.25, 0.3) is 0 Å². The minimum atomic E-state index is 0.311. The van der Waals surface area contributed by atoms with Crippen molar-refractivity contribution in [2.24, 2.45) is 0 Å². The van der Waals surface area contributed by atoms with Gasteiger partial charge in [-0.1, -0.05) is 18.2 Å². The van der Waals surface area contributed by atoms with Crippen LogP contribution in [0.5, 0.6) is 0 Å². The number of unbranched alkanes of at least 4 members (excludes halogenated alkanes) is 1. The topological polar surface area (TPSA) is 29.9 Å². The summed E-state index contributed by atoms with van der Waals surface area (Å²) in [7, 11) is 1.97. The lowest BCUT2D eigenvalue weighted by molar-refractivity contribution is 0.532. The molecule has 0 spiro atoms. The summed E-state index contributed by atoms with van der Waals surface area (Å²) in [4.78, 5) is 0. The van der Waals surface area contributed by atoms with Crippen molar-refractivity contribution >= 4 is 0 Å². The fraction of sp³-hybridized carbons (Fsp3) is 0.312.